The number of hydrogen-bond acceptors (Lipinski definition) is 8. The average molecular weight is 862 g/mol. The number of ether oxygens (including phenoxy) is 2. The molecule has 5 unspecified atom stereocenters. The van der Waals surface area contributed by atoms with Gasteiger partial charge in [-0.3, -0.25) is 4.79 Å². The zero-order chi connectivity index (χ0) is 44.2. The summed E-state index contributed by atoms with van der Waals surface area (Å²) in [6, 6.07) is 0.970. The Bertz CT molecular complexity index is 1600. The minimum absolute atomic E-state index is 0.230. The van der Waals surface area contributed by atoms with Crippen molar-refractivity contribution in [3.63, 3.8) is 0 Å². The minimum atomic E-state index is -3.92. The van der Waals surface area contributed by atoms with Crippen molar-refractivity contribution in [2.24, 2.45) is 0 Å². The average Bonchev–Trinajstić information content (AvgIpc) is 3.79. The van der Waals surface area contributed by atoms with Crippen molar-refractivity contribution in [2.45, 2.75) is 211 Å². The molecule has 0 aliphatic carbocycles. The van der Waals surface area contributed by atoms with E-state index in [4.69, 9.17) is 9.47 Å². The molecular weight excluding hydrogens is 783 g/mol. The highest BCUT2D eigenvalue weighted by atomic mass is 19.2. The topological polar surface area (TPSA) is 157 Å². The Hall–Kier alpha value is -2.72. The molecule has 1 amide bonds. The van der Waals surface area contributed by atoms with E-state index in [1.165, 1.54) is 66.8 Å². The van der Waals surface area contributed by atoms with Gasteiger partial charge in [0, 0.05) is 36.8 Å². The molecule has 1 aromatic rings. The van der Waals surface area contributed by atoms with Crippen LogP contribution < -0.4 is 5.32 Å². The predicted octanol–water partition coefficient (Wildman–Crippen LogP) is 7.92. The van der Waals surface area contributed by atoms with Gasteiger partial charge in [0.25, 0.3) is 0 Å². The summed E-state index contributed by atoms with van der Waals surface area (Å²) in [5.41, 5.74) is 3.30. The molecular formula is C47H78BF2N3O8. The van der Waals surface area contributed by atoms with Gasteiger partial charge in [-0.2, -0.15) is 0 Å². The van der Waals surface area contributed by atoms with Crippen molar-refractivity contribution in [2.75, 3.05) is 13.2 Å². The summed E-state index contributed by atoms with van der Waals surface area (Å²) >= 11 is 0. The second-order valence-electron chi connectivity index (χ2n) is 17.7. The molecule has 0 radical (unpaired) electrons. The second-order valence-corrected chi connectivity index (χ2v) is 17.7. The standard InChI is InChI=1S/C47H78BF2N3O8/c1-4-5-6-7-8-9-10-11-12-15-18-21-24-27-41(55)39(34-60-47-46(59)45(58)44(57)42(33-54)61-47)51-43(56)28-25-22-19-16-13-14-17-20-23-26-37-29-30-38-32-40-35(2)31-36(3)52(40)48(49,50)53(37)38/h24,27,29-32,39,41-42,44-47,54-55,57-59H,4-23,25-26,28,33-34H2,1-3H3,(H,51,56)/b27-24+/t39-,41+,42?,44?,45?,46?,47?/m0/s1. The summed E-state index contributed by atoms with van der Waals surface area (Å²) < 4.78 is 45.0. The fraction of sp³-hybridized carbons (Fsp3) is 0.745. The van der Waals surface area contributed by atoms with Crippen molar-refractivity contribution in [1.29, 1.82) is 0 Å². The van der Waals surface area contributed by atoms with Gasteiger partial charge in [-0.25, -0.2) is 0 Å². The monoisotopic (exact) mass is 862 g/mol. The fourth-order valence-electron chi connectivity index (χ4n) is 8.93. The molecule has 7 atom stereocenters. The molecule has 1 aromatic heterocycles. The van der Waals surface area contributed by atoms with E-state index in [0.717, 1.165) is 76.2 Å². The van der Waals surface area contributed by atoms with E-state index in [2.05, 4.69) is 12.2 Å². The number of aliphatic hydroxyl groups excluding tert-OH is 5. The minimum Gasteiger partial charge on any atom is -0.394 e. The number of halogens is 2. The number of allylic oxidation sites excluding steroid dienone is 3. The number of rotatable bonds is 31. The van der Waals surface area contributed by atoms with Gasteiger partial charge in [-0.1, -0.05) is 128 Å². The van der Waals surface area contributed by atoms with E-state index in [0.29, 0.717) is 35.6 Å². The summed E-state index contributed by atoms with van der Waals surface area (Å²) in [6.45, 7) is 1.12. The normalized spacial score (nSPS) is 23.0. The lowest BCUT2D eigenvalue weighted by Crippen LogP contribution is -2.60. The molecule has 14 heteroatoms. The Morgan fingerprint density at radius 1 is 0.869 bits per heavy atom. The molecule has 0 bridgehead atoms. The third kappa shape index (κ3) is 15.5. The smallest absolute Gasteiger partial charge is 0.394 e. The number of fused-ring (bicyclic) bond motifs is 2. The number of carbonyl (C=O) groups is 1. The van der Waals surface area contributed by atoms with Crippen molar-refractivity contribution in [3.05, 3.63) is 53.0 Å². The van der Waals surface area contributed by atoms with Gasteiger partial charge in [-0.05, 0) is 56.9 Å². The maximum Gasteiger partial charge on any atom is 0.737 e. The molecule has 0 saturated carbocycles. The van der Waals surface area contributed by atoms with Gasteiger partial charge >= 0.3 is 6.97 Å². The Kier molecular flexibility index (Phi) is 22.4. The summed E-state index contributed by atoms with van der Waals surface area (Å²) in [4.78, 5) is 13.0. The quantitative estimate of drug-likeness (QED) is 0.0250. The lowest BCUT2D eigenvalue weighted by molar-refractivity contribution is -0.362. The maximum absolute atomic E-state index is 15.7. The van der Waals surface area contributed by atoms with Crippen molar-refractivity contribution >= 4 is 24.7 Å². The van der Waals surface area contributed by atoms with E-state index in [1.807, 2.05) is 37.3 Å². The van der Waals surface area contributed by atoms with Crippen LogP contribution in [-0.2, 0) is 14.3 Å². The molecule has 1 fully saturated rings. The maximum atomic E-state index is 15.7. The largest absolute Gasteiger partial charge is 0.737 e. The van der Waals surface area contributed by atoms with Crippen LogP contribution in [0.3, 0.4) is 0 Å². The van der Waals surface area contributed by atoms with Crippen LogP contribution in [0.15, 0.2) is 36.1 Å². The summed E-state index contributed by atoms with van der Waals surface area (Å²) in [5, 5.41) is 54.3. The van der Waals surface area contributed by atoms with Gasteiger partial charge in [0.2, 0.25) is 5.91 Å². The van der Waals surface area contributed by atoms with E-state index in [9.17, 15) is 30.3 Å². The van der Waals surface area contributed by atoms with Crippen LogP contribution in [0.5, 0.6) is 0 Å². The van der Waals surface area contributed by atoms with Crippen LogP contribution in [0.2, 0.25) is 0 Å². The first kappa shape index (κ1) is 50.9. The van der Waals surface area contributed by atoms with Gasteiger partial charge < -0.3 is 57.9 Å². The zero-order valence-electron chi connectivity index (χ0n) is 37.4. The molecule has 0 spiro atoms. The first-order valence-electron chi connectivity index (χ1n) is 23.7. The predicted molar refractivity (Wildman–Crippen MR) is 238 cm³/mol. The second kappa shape index (κ2) is 26.8. The molecule has 1 saturated heterocycles. The molecule has 346 valence electrons. The third-order valence-electron chi connectivity index (χ3n) is 12.6. The van der Waals surface area contributed by atoms with Crippen LogP contribution in [-0.4, -0.2) is 109 Å². The lowest BCUT2D eigenvalue weighted by Gasteiger charge is -2.40. The Morgan fingerprint density at radius 3 is 2.08 bits per heavy atom. The number of amides is 1. The number of nitrogens with one attached hydrogen (secondary N) is 1. The summed E-state index contributed by atoms with van der Waals surface area (Å²) in [7, 11) is 0. The van der Waals surface area contributed by atoms with Crippen LogP contribution in [0.1, 0.15) is 172 Å². The van der Waals surface area contributed by atoms with Gasteiger partial charge in [0.1, 0.15) is 30.1 Å². The van der Waals surface area contributed by atoms with Crippen molar-refractivity contribution in [1.82, 2.24) is 9.79 Å². The molecule has 4 rings (SSSR count). The molecule has 11 nitrogen and oxygen atoms in total. The fourth-order valence-corrected chi connectivity index (χ4v) is 8.93. The van der Waals surface area contributed by atoms with Crippen molar-refractivity contribution < 1.29 is 52.9 Å². The van der Waals surface area contributed by atoms with E-state index < -0.39 is 56.4 Å². The first-order valence-corrected chi connectivity index (χ1v) is 23.7. The number of aliphatic hydroxyl groups is 5. The number of aromatic nitrogens is 1. The van der Waals surface area contributed by atoms with E-state index in [-0.39, 0.29) is 18.9 Å². The highest BCUT2D eigenvalue weighted by molar-refractivity contribution is 6.58. The Labute approximate surface area is 364 Å². The zero-order valence-corrected chi connectivity index (χ0v) is 37.4. The lowest BCUT2D eigenvalue weighted by atomic mass is 9.90. The highest BCUT2D eigenvalue weighted by Crippen LogP contribution is 2.35. The summed E-state index contributed by atoms with van der Waals surface area (Å²) in [6.07, 6.45) is 24.9. The molecule has 4 heterocycles. The molecule has 61 heavy (non-hydrogen) atoms. The molecule has 3 aliphatic heterocycles. The van der Waals surface area contributed by atoms with Crippen LogP contribution in [0.25, 0.3) is 6.08 Å². The number of nitrogens with zero attached hydrogens (tertiary/aromatic N) is 2. The third-order valence-corrected chi connectivity index (χ3v) is 12.6. The number of unbranched alkanes of at least 4 members (excludes halogenated alkanes) is 19. The number of carbonyl (C=O) groups excluding carboxylic acids is 1. The summed E-state index contributed by atoms with van der Waals surface area (Å²) in [5.74, 6) is -0.236. The van der Waals surface area contributed by atoms with Gasteiger partial charge in [0.05, 0.1) is 25.4 Å². The van der Waals surface area contributed by atoms with Gasteiger partial charge in [0.15, 0.2) is 12.0 Å². The van der Waals surface area contributed by atoms with E-state index in [1.54, 1.807) is 13.0 Å². The van der Waals surface area contributed by atoms with Crippen molar-refractivity contribution in [3.8, 4) is 0 Å². The van der Waals surface area contributed by atoms with Crippen LogP contribution in [0, 0.1) is 13.8 Å². The first-order chi connectivity index (χ1) is 29.4. The number of aryl methyl sites for hydroxylation is 2. The molecule has 6 N–H and O–H groups in total. The van der Waals surface area contributed by atoms with Crippen LogP contribution in [0.4, 0.5) is 8.63 Å². The Balaban J connectivity index is 1.11. The Morgan fingerprint density at radius 2 is 1.46 bits per heavy atom. The molecule has 0 aromatic carbocycles. The number of hydrogen-bond donors (Lipinski definition) is 6. The van der Waals surface area contributed by atoms with E-state index >= 15 is 8.63 Å². The SMILES string of the molecule is CCCCCCCCCCCCC/C=C/[C@@H](O)[C@H](COC1OC(CO)C(O)C(O)C1O)NC(=O)CCCCCCCCCCCC1=[N+]2C(=Cc3c(C)cc(C)n3[B-]2(F)F)C=C1. The highest BCUT2D eigenvalue weighted by Gasteiger charge is 2.52. The van der Waals surface area contributed by atoms with Crippen LogP contribution >= 0.6 is 0 Å². The van der Waals surface area contributed by atoms with Gasteiger partial charge in [-0.15, -0.1) is 0 Å². The molecule has 3 aliphatic rings.